The van der Waals surface area contributed by atoms with Crippen molar-refractivity contribution in [3.05, 3.63) is 130 Å². The summed E-state index contributed by atoms with van der Waals surface area (Å²) in [7, 11) is 1.56. The summed E-state index contributed by atoms with van der Waals surface area (Å²) in [5.74, 6) is -3.11. The maximum atomic E-state index is 12.9. The maximum absolute atomic E-state index is 12.9. The molecule has 0 saturated carbocycles. The number of carboxylic acid groups (broad SMARTS) is 2. The van der Waals surface area contributed by atoms with Gasteiger partial charge in [0.05, 0.1) is 16.8 Å². The van der Waals surface area contributed by atoms with Crippen molar-refractivity contribution in [2.45, 2.75) is 0 Å². The Labute approximate surface area is 224 Å². The summed E-state index contributed by atoms with van der Waals surface area (Å²) < 4.78 is 0. The number of nitrogens with zero attached hydrogens (tertiary/aromatic N) is 1. The predicted molar refractivity (Wildman–Crippen MR) is 149 cm³/mol. The van der Waals surface area contributed by atoms with E-state index in [-0.39, 0.29) is 28.3 Å². The van der Waals surface area contributed by atoms with Gasteiger partial charge in [0.1, 0.15) is 0 Å². The Kier molecular flexibility index (Phi) is 7.97. The molecule has 0 fully saturated rings. The van der Waals surface area contributed by atoms with Gasteiger partial charge in [-0.25, -0.2) is 9.59 Å². The number of amides is 2. The van der Waals surface area contributed by atoms with E-state index < -0.39 is 17.8 Å². The molecule has 4 aromatic rings. The molecule has 4 aromatic carbocycles. The molecular formula is C31H24N2O6. The fourth-order valence-electron chi connectivity index (χ4n) is 3.81. The van der Waals surface area contributed by atoms with Gasteiger partial charge in [0.2, 0.25) is 0 Å². The van der Waals surface area contributed by atoms with Gasteiger partial charge in [-0.3, -0.25) is 9.59 Å². The molecule has 3 N–H and O–H groups in total. The van der Waals surface area contributed by atoms with Crippen LogP contribution in [0.5, 0.6) is 0 Å². The number of benzene rings is 4. The first-order valence-electron chi connectivity index (χ1n) is 11.9. The Morgan fingerprint density at radius 3 is 1.87 bits per heavy atom. The Morgan fingerprint density at radius 1 is 0.667 bits per heavy atom. The molecule has 0 saturated heterocycles. The minimum absolute atomic E-state index is 0.0468. The molecule has 0 unspecified atom stereocenters. The number of nitrogens with one attached hydrogen (secondary N) is 1. The van der Waals surface area contributed by atoms with Crippen LogP contribution in [0.1, 0.15) is 52.6 Å². The van der Waals surface area contributed by atoms with Gasteiger partial charge in [-0.05, 0) is 71.8 Å². The van der Waals surface area contributed by atoms with Gasteiger partial charge in [0.25, 0.3) is 11.8 Å². The summed E-state index contributed by atoms with van der Waals surface area (Å²) in [5, 5.41) is 21.4. The van der Waals surface area contributed by atoms with Crippen molar-refractivity contribution in [2.75, 3.05) is 17.3 Å². The molecule has 8 heteroatoms. The van der Waals surface area contributed by atoms with Gasteiger partial charge < -0.3 is 20.4 Å². The molecule has 39 heavy (non-hydrogen) atoms. The highest BCUT2D eigenvalue weighted by molar-refractivity contribution is 6.09. The van der Waals surface area contributed by atoms with Crippen LogP contribution in [0.25, 0.3) is 12.2 Å². The lowest BCUT2D eigenvalue weighted by Gasteiger charge is -2.18. The van der Waals surface area contributed by atoms with E-state index in [1.807, 2.05) is 36.4 Å². The van der Waals surface area contributed by atoms with Gasteiger partial charge in [-0.15, -0.1) is 0 Å². The van der Waals surface area contributed by atoms with Gasteiger partial charge in [0.15, 0.2) is 0 Å². The fourth-order valence-corrected chi connectivity index (χ4v) is 3.81. The van der Waals surface area contributed by atoms with Crippen molar-refractivity contribution < 1.29 is 29.4 Å². The van der Waals surface area contributed by atoms with Gasteiger partial charge in [0, 0.05) is 23.9 Å². The van der Waals surface area contributed by atoms with Gasteiger partial charge in [-0.2, -0.15) is 0 Å². The van der Waals surface area contributed by atoms with Crippen LogP contribution in [0.3, 0.4) is 0 Å². The highest BCUT2D eigenvalue weighted by Gasteiger charge is 2.17. The number of carboxylic acids is 2. The van der Waals surface area contributed by atoms with Crippen molar-refractivity contribution in [1.29, 1.82) is 0 Å². The SMILES string of the molecule is CN(C(=O)c1ccc(C(=O)O)cc1)c1ccc(C(=O)Nc2ccc(/C=C/c3ccccc3)cc2C(=O)O)cc1. The zero-order chi connectivity index (χ0) is 27.9. The zero-order valence-electron chi connectivity index (χ0n) is 20.9. The zero-order valence-corrected chi connectivity index (χ0v) is 20.9. The molecular weight excluding hydrogens is 496 g/mol. The van der Waals surface area contributed by atoms with E-state index >= 15 is 0 Å². The molecule has 0 atom stereocenters. The fraction of sp³-hybridized carbons (Fsp3) is 0.0323. The van der Waals surface area contributed by atoms with Crippen molar-refractivity contribution >= 4 is 47.3 Å². The minimum Gasteiger partial charge on any atom is -0.478 e. The Balaban J connectivity index is 1.46. The molecule has 8 nitrogen and oxygen atoms in total. The third kappa shape index (κ3) is 6.44. The second-order valence-electron chi connectivity index (χ2n) is 8.60. The van der Waals surface area contributed by atoms with Crippen molar-refractivity contribution in [3.8, 4) is 0 Å². The summed E-state index contributed by atoms with van der Waals surface area (Å²) in [5.41, 5.74) is 2.93. The third-order valence-electron chi connectivity index (χ3n) is 5.99. The number of hydrogen-bond donors (Lipinski definition) is 3. The normalized spacial score (nSPS) is 10.7. The third-order valence-corrected chi connectivity index (χ3v) is 5.99. The molecule has 0 bridgehead atoms. The van der Waals surface area contributed by atoms with E-state index in [1.54, 1.807) is 37.4 Å². The van der Waals surface area contributed by atoms with Crippen LogP contribution in [0.4, 0.5) is 11.4 Å². The molecule has 0 aliphatic rings. The number of aromatic carboxylic acids is 2. The van der Waals surface area contributed by atoms with Crippen molar-refractivity contribution in [2.24, 2.45) is 0 Å². The van der Waals surface area contributed by atoms with E-state index in [0.29, 0.717) is 16.8 Å². The van der Waals surface area contributed by atoms with Crippen LogP contribution >= 0.6 is 0 Å². The first-order valence-corrected chi connectivity index (χ1v) is 11.9. The second kappa shape index (κ2) is 11.7. The monoisotopic (exact) mass is 520 g/mol. The number of anilines is 2. The summed E-state index contributed by atoms with van der Waals surface area (Å²) in [6.07, 6.45) is 3.66. The Hall–Kier alpha value is -5.50. The van der Waals surface area contributed by atoms with E-state index in [0.717, 1.165) is 5.56 Å². The molecule has 0 aromatic heterocycles. The highest BCUT2D eigenvalue weighted by Crippen LogP contribution is 2.22. The first kappa shape index (κ1) is 26.6. The molecule has 0 aliphatic heterocycles. The molecule has 0 heterocycles. The lowest BCUT2D eigenvalue weighted by Crippen LogP contribution is -2.26. The minimum atomic E-state index is -1.17. The first-order chi connectivity index (χ1) is 18.7. The average molecular weight is 521 g/mol. The molecule has 0 spiro atoms. The van der Waals surface area contributed by atoms with Crippen LogP contribution in [-0.4, -0.2) is 41.0 Å². The topological polar surface area (TPSA) is 124 Å². The Bertz CT molecular complexity index is 1560. The number of rotatable bonds is 8. The van der Waals surface area contributed by atoms with Crippen LogP contribution < -0.4 is 10.2 Å². The van der Waals surface area contributed by atoms with Crippen LogP contribution in [0.15, 0.2) is 97.1 Å². The standard InChI is InChI=1S/C31H24N2O6/c1-33(29(35)23-10-12-24(13-11-23)30(36)37)25-16-14-22(15-17-25)28(34)32-27-18-9-21(19-26(27)31(38)39)8-7-20-5-3-2-4-6-20/h2-19H,1H3,(H,32,34)(H,36,37)(H,38,39)/b8-7+. The molecule has 0 radical (unpaired) electrons. The van der Waals surface area contributed by atoms with Gasteiger partial charge >= 0.3 is 11.9 Å². The quantitative estimate of drug-likeness (QED) is 0.253. The van der Waals surface area contributed by atoms with E-state index in [9.17, 15) is 24.3 Å². The second-order valence-corrected chi connectivity index (χ2v) is 8.60. The highest BCUT2D eigenvalue weighted by atomic mass is 16.4. The van der Waals surface area contributed by atoms with Crippen LogP contribution in [0, 0.1) is 0 Å². The number of hydrogen-bond acceptors (Lipinski definition) is 4. The summed E-state index contributed by atoms with van der Waals surface area (Å²) in [4.78, 5) is 49.9. The predicted octanol–water partition coefficient (Wildman–Crippen LogP) is 5.78. The van der Waals surface area contributed by atoms with E-state index in [1.165, 1.54) is 47.4 Å². The molecule has 194 valence electrons. The molecule has 2 amide bonds. The summed E-state index contributed by atoms with van der Waals surface area (Å²) in [6, 6.07) is 26.2. The summed E-state index contributed by atoms with van der Waals surface area (Å²) >= 11 is 0. The maximum Gasteiger partial charge on any atom is 0.337 e. The molecule has 4 rings (SSSR count). The van der Waals surface area contributed by atoms with E-state index in [2.05, 4.69) is 5.32 Å². The lowest BCUT2D eigenvalue weighted by atomic mass is 10.1. The average Bonchev–Trinajstić information content (AvgIpc) is 2.96. The van der Waals surface area contributed by atoms with Crippen molar-refractivity contribution in [3.63, 3.8) is 0 Å². The van der Waals surface area contributed by atoms with E-state index in [4.69, 9.17) is 5.11 Å². The van der Waals surface area contributed by atoms with Crippen LogP contribution in [0.2, 0.25) is 0 Å². The largest absolute Gasteiger partial charge is 0.478 e. The number of carbonyl (C=O) groups is 4. The van der Waals surface area contributed by atoms with Crippen molar-refractivity contribution in [1.82, 2.24) is 0 Å². The lowest BCUT2D eigenvalue weighted by molar-refractivity contribution is 0.0686. The van der Waals surface area contributed by atoms with Gasteiger partial charge in [-0.1, -0.05) is 48.6 Å². The summed E-state index contributed by atoms with van der Waals surface area (Å²) in [6.45, 7) is 0. The molecule has 0 aliphatic carbocycles. The smallest absolute Gasteiger partial charge is 0.337 e. The Morgan fingerprint density at radius 2 is 1.26 bits per heavy atom. The number of carbonyl (C=O) groups excluding carboxylic acids is 2. The van der Waals surface area contributed by atoms with Crippen LogP contribution in [-0.2, 0) is 0 Å².